The number of likely N-dealkylation sites (N-methyl/N-ethyl adjacent to an activating group) is 1. The zero-order valence-corrected chi connectivity index (χ0v) is 11.1. The molecule has 86 valence electrons. The van der Waals surface area contributed by atoms with E-state index in [4.69, 9.17) is 10.00 Å². The fourth-order valence-electron chi connectivity index (χ4n) is 1.54. The third kappa shape index (κ3) is 2.97. The van der Waals surface area contributed by atoms with Crippen LogP contribution < -0.4 is 4.90 Å². The molecule has 1 rings (SSSR count). The van der Waals surface area contributed by atoms with Gasteiger partial charge in [0.1, 0.15) is 6.07 Å². The number of nitriles is 1. The third-order valence-corrected chi connectivity index (χ3v) is 3.05. The predicted octanol–water partition coefficient (Wildman–Crippen LogP) is 2.79. The smallest absolute Gasteiger partial charge is 0.103 e. The monoisotopic (exact) mass is 282 g/mol. The average Bonchev–Trinajstić information content (AvgIpc) is 2.30. The van der Waals surface area contributed by atoms with E-state index in [9.17, 15) is 0 Å². The van der Waals surface area contributed by atoms with Gasteiger partial charge in [0.05, 0.1) is 17.9 Å². The molecule has 0 atom stereocenters. The van der Waals surface area contributed by atoms with Gasteiger partial charge < -0.3 is 9.64 Å². The van der Waals surface area contributed by atoms with Crippen molar-refractivity contribution in [3.8, 4) is 6.07 Å². The molecule has 1 aromatic carbocycles. The topological polar surface area (TPSA) is 36.3 Å². The lowest BCUT2D eigenvalue weighted by Crippen LogP contribution is -2.27. The number of anilines is 1. The molecule has 0 N–H and O–H groups in total. The molecule has 0 amide bonds. The maximum atomic E-state index is 9.13. The van der Waals surface area contributed by atoms with Gasteiger partial charge in [-0.25, -0.2) is 0 Å². The van der Waals surface area contributed by atoms with Crippen molar-refractivity contribution in [1.82, 2.24) is 0 Å². The number of halogens is 1. The van der Waals surface area contributed by atoms with Crippen molar-refractivity contribution in [2.75, 3.05) is 31.7 Å². The first-order valence-corrected chi connectivity index (χ1v) is 5.96. The summed E-state index contributed by atoms with van der Waals surface area (Å²) < 4.78 is 5.90. The van der Waals surface area contributed by atoms with Crippen LogP contribution in [-0.2, 0) is 4.74 Å². The molecule has 0 aliphatic heterocycles. The molecule has 4 heteroatoms. The van der Waals surface area contributed by atoms with Gasteiger partial charge in [0.15, 0.2) is 0 Å². The first-order valence-electron chi connectivity index (χ1n) is 5.17. The van der Waals surface area contributed by atoms with Gasteiger partial charge in [-0.3, -0.25) is 0 Å². The quantitative estimate of drug-likeness (QED) is 0.833. The number of nitrogens with zero attached hydrogens (tertiary/aromatic N) is 2. The normalized spacial score (nSPS) is 9.88. The van der Waals surface area contributed by atoms with Gasteiger partial charge in [-0.2, -0.15) is 5.26 Å². The minimum Gasteiger partial charge on any atom is -0.383 e. The molecule has 0 saturated heterocycles. The Hall–Kier alpha value is -1.05. The first kappa shape index (κ1) is 13.0. The summed E-state index contributed by atoms with van der Waals surface area (Å²) in [6.45, 7) is 4.37. The van der Waals surface area contributed by atoms with Crippen LogP contribution in [0.1, 0.15) is 12.5 Å². The van der Waals surface area contributed by atoms with Crippen molar-refractivity contribution in [3.63, 3.8) is 0 Å². The van der Waals surface area contributed by atoms with Crippen LogP contribution in [0, 0.1) is 11.3 Å². The van der Waals surface area contributed by atoms with Crippen LogP contribution in [0.15, 0.2) is 22.7 Å². The van der Waals surface area contributed by atoms with E-state index in [-0.39, 0.29) is 0 Å². The standard InChI is InChI=1S/C12H15BrN2O/c1-3-15(7-8-16-2)12-6-4-5-11(13)10(12)9-14/h4-6H,3,7-8H2,1-2H3. The zero-order chi connectivity index (χ0) is 12.0. The molecule has 3 nitrogen and oxygen atoms in total. The van der Waals surface area contributed by atoms with Gasteiger partial charge in [0.2, 0.25) is 0 Å². The fraction of sp³-hybridized carbons (Fsp3) is 0.417. The SMILES string of the molecule is CCN(CCOC)c1cccc(Br)c1C#N. The number of hydrogen-bond donors (Lipinski definition) is 0. The van der Waals surface area contributed by atoms with Crippen molar-refractivity contribution in [3.05, 3.63) is 28.2 Å². The Kier molecular flexibility index (Phi) is 5.30. The van der Waals surface area contributed by atoms with E-state index in [1.54, 1.807) is 7.11 Å². The molecule has 0 aliphatic carbocycles. The first-order chi connectivity index (χ1) is 7.74. The van der Waals surface area contributed by atoms with Crippen molar-refractivity contribution in [2.45, 2.75) is 6.92 Å². The van der Waals surface area contributed by atoms with Crippen LogP contribution in [0.3, 0.4) is 0 Å². The molecule has 0 fully saturated rings. The second-order valence-electron chi connectivity index (χ2n) is 3.32. The summed E-state index contributed by atoms with van der Waals surface area (Å²) in [5.41, 5.74) is 1.64. The zero-order valence-electron chi connectivity index (χ0n) is 9.53. The third-order valence-electron chi connectivity index (χ3n) is 2.39. The Morgan fingerprint density at radius 1 is 1.50 bits per heavy atom. The van der Waals surface area contributed by atoms with Crippen LogP contribution in [0.4, 0.5) is 5.69 Å². The summed E-state index contributed by atoms with van der Waals surface area (Å²) in [5, 5.41) is 9.13. The molecular weight excluding hydrogens is 268 g/mol. The van der Waals surface area contributed by atoms with E-state index in [0.29, 0.717) is 12.2 Å². The Morgan fingerprint density at radius 2 is 2.25 bits per heavy atom. The minimum absolute atomic E-state index is 0.658. The fourth-order valence-corrected chi connectivity index (χ4v) is 1.98. The highest BCUT2D eigenvalue weighted by Crippen LogP contribution is 2.26. The average molecular weight is 283 g/mol. The van der Waals surface area contributed by atoms with E-state index in [1.807, 2.05) is 18.2 Å². The summed E-state index contributed by atoms with van der Waals surface area (Å²) in [4.78, 5) is 2.13. The molecule has 0 aliphatic rings. The molecule has 0 saturated carbocycles. The van der Waals surface area contributed by atoms with Gasteiger partial charge >= 0.3 is 0 Å². The van der Waals surface area contributed by atoms with Crippen molar-refractivity contribution in [2.24, 2.45) is 0 Å². The van der Waals surface area contributed by atoms with Gasteiger partial charge in [-0.05, 0) is 35.0 Å². The molecule has 0 radical (unpaired) electrons. The van der Waals surface area contributed by atoms with Gasteiger partial charge in [0.25, 0.3) is 0 Å². The number of benzene rings is 1. The van der Waals surface area contributed by atoms with Crippen molar-refractivity contribution < 1.29 is 4.74 Å². The summed E-state index contributed by atoms with van der Waals surface area (Å²) in [6.07, 6.45) is 0. The molecule has 0 aromatic heterocycles. The van der Waals surface area contributed by atoms with E-state index in [2.05, 4.69) is 33.8 Å². The molecule has 0 unspecified atom stereocenters. The number of methoxy groups -OCH3 is 1. The highest BCUT2D eigenvalue weighted by atomic mass is 79.9. The Balaban J connectivity index is 3.00. The lowest BCUT2D eigenvalue weighted by molar-refractivity contribution is 0.205. The maximum Gasteiger partial charge on any atom is 0.103 e. The van der Waals surface area contributed by atoms with Gasteiger partial charge in [-0.1, -0.05) is 6.07 Å². The molecule has 16 heavy (non-hydrogen) atoms. The van der Waals surface area contributed by atoms with Crippen LogP contribution in [-0.4, -0.2) is 26.8 Å². The lowest BCUT2D eigenvalue weighted by atomic mass is 10.1. The lowest BCUT2D eigenvalue weighted by Gasteiger charge is -2.24. The molecule has 1 aromatic rings. The maximum absolute atomic E-state index is 9.13. The van der Waals surface area contributed by atoms with Crippen molar-refractivity contribution >= 4 is 21.6 Å². The Bertz CT molecular complexity index is 387. The van der Waals surface area contributed by atoms with E-state index in [0.717, 1.165) is 23.2 Å². The predicted molar refractivity (Wildman–Crippen MR) is 68.6 cm³/mol. The summed E-state index contributed by atoms with van der Waals surface area (Å²) in [7, 11) is 1.68. The van der Waals surface area contributed by atoms with E-state index in [1.165, 1.54) is 0 Å². The molecule has 0 heterocycles. The Labute approximate surface area is 105 Å². The van der Waals surface area contributed by atoms with E-state index >= 15 is 0 Å². The highest BCUT2D eigenvalue weighted by molar-refractivity contribution is 9.10. The largest absolute Gasteiger partial charge is 0.383 e. The second kappa shape index (κ2) is 6.51. The minimum atomic E-state index is 0.658. The highest BCUT2D eigenvalue weighted by Gasteiger charge is 2.11. The van der Waals surface area contributed by atoms with Crippen LogP contribution in [0.5, 0.6) is 0 Å². The number of ether oxygens (including phenoxy) is 1. The number of hydrogen-bond acceptors (Lipinski definition) is 3. The summed E-state index contributed by atoms with van der Waals surface area (Å²) in [5.74, 6) is 0. The second-order valence-corrected chi connectivity index (χ2v) is 4.17. The molecule has 0 bridgehead atoms. The summed E-state index contributed by atoms with van der Waals surface area (Å²) in [6, 6.07) is 8.01. The Morgan fingerprint density at radius 3 is 2.81 bits per heavy atom. The van der Waals surface area contributed by atoms with E-state index < -0.39 is 0 Å². The van der Waals surface area contributed by atoms with Crippen LogP contribution in [0.25, 0.3) is 0 Å². The van der Waals surface area contributed by atoms with Gasteiger partial charge in [-0.15, -0.1) is 0 Å². The van der Waals surface area contributed by atoms with Gasteiger partial charge in [0, 0.05) is 24.7 Å². The summed E-state index contributed by atoms with van der Waals surface area (Å²) >= 11 is 3.39. The van der Waals surface area contributed by atoms with Crippen molar-refractivity contribution in [1.29, 1.82) is 5.26 Å². The molecular formula is C12H15BrN2O. The van der Waals surface area contributed by atoms with Crippen LogP contribution >= 0.6 is 15.9 Å². The molecule has 0 spiro atoms. The van der Waals surface area contributed by atoms with Crippen LogP contribution in [0.2, 0.25) is 0 Å². The number of rotatable bonds is 5.